The van der Waals surface area contributed by atoms with Gasteiger partial charge in [-0.1, -0.05) is 32.9 Å². The lowest BCUT2D eigenvalue weighted by molar-refractivity contribution is -0.123. The fourth-order valence-electron chi connectivity index (χ4n) is 3.28. The molecule has 0 aromatic heterocycles. The monoisotopic (exact) mass is 351 g/mol. The van der Waals surface area contributed by atoms with Crippen LogP contribution in [0.4, 0.5) is 5.69 Å². The standard InChI is InChI=1S/C18H25N3O2.ClH/c1-18(2,3)17(23)20-15-7-5-4-6-14(15)16(22)21-10-12-8-19-9-13(12)11-21;/h4-7,12-13,19H,8-11H2,1-3H3,(H,20,23);1H/t12-,13+;. The van der Waals surface area contributed by atoms with Crippen molar-refractivity contribution < 1.29 is 9.59 Å². The number of para-hydroxylation sites is 1. The summed E-state index contributed by atoms with van der Waals surface area (Å²) in [5.74, 6) is 1.06. The van der Waals surface area contributed by atoms with Crippen molar-refractivity contribution in [2.24, 2.45) is 17.3 Å². The molecule has 2 heterocycles. The molecule has 1 aromatic carbocycles. The molecule has 2 N–H and O–H groups in total. The Balaban J connectivity index is 0.00000208. The Labute approximate surface area is 149 Å². The largest absolute Gasteiger partial charge is 0.338 e. The summed E-state index contributed by atoms with van der Waals surface area (Å²) in [6.45, 7) is 9.19. The Morgan fingerprint density at radius 1 is 1.12 bits per heavy atom. The van der Waals surface area contributed by atoms with Crippen LogP contribution in [0, 0.1) is 17.3 Å². The number of anilines is 1. The van der Waals surface area contributed by atoms with Gasteiger partial charge in [-0.3, -0.25) is 9.59 Å². The number of amides is 2. The van der Waals surface area contributed by atoms with Crippen LogP contribution in [0.25, 0.3) is 0 Å². The maximum Gasteiger partial charge on any atom is 0.255 e. The maximum absolute atomic E-state index is 12.9. The summed E-state index contributed by atoms with van der Waals surface area (Å²) in [5, 5.41) is 6.29. The molecule has 5 nitrogen and oxygen atoms in total. The van der Waals surface area contributed by atoms with Crippen LogP contribution in [0.5, 0.6) is 0 Å². The van der Waals surface area contributed by atoms with Crippen LogP contribution in [-0.4, -0.2) is 42.9 Å². The molecule has 24 heavy (non-hydrogen) atoms. The van der Waals surface area contributed by atoms with Crippen LogP contribution >= 0.6 is 12.4 Å². The van der Waals surface area contributed by atoms with E-state index in [2.05, 4.69) is 10.6 Å². The predicted octanol–water partition coefficient (Wildman–Crippen LogP) is 2.38. The van der Waals surface area contributed by atoms with Gasteiger partial charge in [0, 0.05) is 31.6 Å². The molecule has 1 aromatic rings. The van der Waals surface area contributed by atoms with Crippen molar-refractivity contribution in [3.8, 4) is 0 Å². The SMILES string of the molecule is CC(C)(C)C(=O)Nc1ccccc1C(=O)N1C[C@H]2CNC[C@H]2C1.Cl. The Morgan fingerprint density at radius 2 is 1.71 bits per heavy atom. The first-order valence-electron chi connectivity index (χ1n) is 8.27. The molecule has 0 radical (unpaired) electrons. The highest BCUT2D eigenvalue weighted by atomic mass is 35.5. The van der Waals surface area contributed by atoms with Crippen LogP contribution in [0.2, 0.25) is 0 Å². The van der Waals surface area contributed by atoms with Gasteiger partial charge in [-0.25, -0.2) is 0 Å². The number of carbonyl (C=O) groups excluding carboxylic acids is 2. The first kappa shape index (κ1) is 18.7. The van der Waals surface area contributed by atoms with E-state index < -0.39 is 5.41 Å². The van der Waals surface area contributed by atoms with Crippen LogP contribution in [0.3, 0.4) is 0 Å². The smallest absolute Gasteiger partial charge is 0.255 e. The number of fused-ring (bicyclic) bond motifs is 1. The van der Waals surface area contributed by atoms with Crippen LogP contribution < -0.4 is 10.6 Å². The minimum Gasteiger partial charge on any atom is -0.338 e. The summed E-state index contributed by atoms with van der Waals surface area (Å²) < 4.78 is 0. The van der Waals surface area contributed by atoms with Crippen molar-refractivity contribution in [2.45, 2.75) is 20.8 Å². The lowest BCUT2D eigenvalue weighted by Gasteiger charge is -2.22. The fraction of sp³-hybridized carbons (Fsp3) is 0.556. The Hall–Kier alpha value is -1.59. The molecular formula is C18H26ClN3O2. The Bertz CT molecular complexity index is 615. The number of hydrogen-bond acceptors (Lipinski definition) is 3. The summed E-state index contributed by atoms with van der Waals surface area (Å²) in [6, 6.07) is 7.29. The normalized spacial score (nSPS) is 22.7. The number of nitrogens with one attached hydrogen (secondary N) is 2. The van der Waals surface area contributed by atoms with Gasteiger partial charge in [0.25, 0.3) is 5.91 Å². The third kappa shape index (κ3) is 3.73. The zero-order valence-corrected chi connectivity index (χ0v) is 15.3. The van der Waals surface area contributed by atoms with Gasteiger partial charge in [-0.2, -0.15) is 0 Å². The van der Waals surface area contributed by atoms with E-state index in [-0.39, 0.29) is 24.2 Å². The highest BCUT2D eigenvalue weighted by Crippen LogP contribution is 2.29. The van der Waals surface area contributed by atoms with Gasteiger partial charge in [0.15, 0.2) is 0 Å². The average Bonchev–Trinajstić information content (AvgIpc) is 3.07. The fourth-order valence-corrected chi connectivity index (χ4v) is 3.28. The highest BCUT2D eigenvalue weighted by molar-refractivity contribution is 6.04. The first-order valence-corrected chi connectivity index (χ1v) is 8.27. The lowest BCUT2D eigenvalue weighted by Crippen LogP contribution is -2.33. The number of halogens is 1. The molecule has 132 valence electrons. The third-order valence-electron chi connectivity index (χ3n) is 4.76. The van der Waals surface area contributed by atoms with E-state index in [0.29, 0.717) is 23.1 Å². The van der Waals surface area contributed by atoms with E-state index in [4.69, 9.17) is 0 Å². The zero-order valence-electron chi connectivity index (χ0n) is 14.5. The van der Waals surface area contributed by atoms with Crippen molar-refractivity contribution in [1.29, 1.82) is 0 Å². The van der Waals surface area contributed by atoms with E-state index in [1.807, 2.05) is 37.8 Å². The first-order chi connectivity index (χ1) is 10.9. The average molecular weight is 352 g/mol. The maximum atomic E-state index is 12.9. The molecule has 6 heteroatoms. The quantitative estimate of drug-likeness (QED) is 0.860. The topological polar surface area (TPSA) is 61.4 Å². The van der Waals surface area contributed by atoms with Crippen LogP contribution in [0.1, 0.15) is 31.1 Å². The molecule has 3 rings (SSSR count). The van der Waals surface area contributed by atoms with E-state index in [1.165, 1.54) is 0 Å². The van der Waals surface area contributed by atoms with Gasteiger partial charge in [0.05, 0.1) is 11.3 Å². The molecule has 0 aliphatic carbocycles. The molecule has 2 aliphatic rings. The van der Waals surface area contributed by atoms with E-state index >= 15 is 0 Å². The van der Waals surface area contributed by atoms with Crippen molar-refractivity contribution in [3.05, 3.63) is 29.8 Å². The lowest BCUT2D eigenvalue weighted by atomic mass is 9.95. The second kappa shape index (κ2) is 7.11. The highest BCUT2D eigenvalue weighted by Gasteiger charge is 2.38. The van der Waals surface area contributed by atoms with Crippen LogP contribution in [-0.2, 0) is 4.79 Å². The van der Waals surface area contributed by atoms with Crippen molar-refractivity contribution in [2.75, 3.05) is 31.5 Å². The molecule has 2 saturated heterocycles. The summed E-state index contributed by atoms with van der Waals surface area (Å²) in [5.41, 5.74) is 0.692. The zero-order chi connectivity index (χ0) is 16.6. The van der Waals surface area contributed by atoms with E-state index in [0.717, 1.165) is 26.2 Å². The molecule has 0 unspecified atom stereocenters. The van der Waals surface area contributed by atoms with Crippen molar-refractivity contribution in [1.82, 2.24) is 10.2 Å². The predicted molar refractivity (Wildman–Crippen MR) is 97.5 cm³/mol. The Kier molecular flexibility index (Phi) is 5.56. The molecule has 2 atom stereocenters. The molecule has 0 spiro atoms. The Morgan fingerprint density at radius 3 is 2.29 bits per heavy atom. The summed E-state index contributed by atoms with van der Waals surface area (Å²) in [7, 11) is 0. The van der Waals surface area contributed by atoms with E-state index in [9.17, 15) is 9.59 Å². The van der Waals surface area contributed by atoms with E-state index in [1.54, 1.807) is 12.1 Å². The second-order valence-electron chi connectivity index (χ2n) is 7.64. The molecular weight excluding hydrogens is 326 g/mol. The van der Waals surface area contributed by atoms with Gasteiger partial charge in [-0.15, -0.1) is 12.4 Å². The second-order valence-corrected chi connectivity index (χ2v) is 7.64. The van der Waals surface area contributed by atoms with Crippen LogP contribution in [0.15, 0.2) is 24.3 Å². The summed E-state index contributed by atoms with van der Waals surface area (Å²) in [4.78, 5) is 27.1. The number of carbonyl (C=O) groups is 2. The molecule has 2 aliphatic heterocycles. The number of benzene rings is 1. The van der Waals surface area contributed by atoms with Gasteiger partial charge in [-0.05, 0) is 24.0 Å². The van der Waals surface area contributed by atoms with Crippen molar-refractivity contribution in [3.63, 3.8) is 0 Å². The molecule has 2 amide bonds. The number of nitrogens with zero attached hydrogens (tertiary/aromatic N) is 1. The number of likely N-dealkylation sites (tertiary alicyclic amines) is 1. The van der Waals surface area contributed by atoms with Gasteiger partial charge in [0.2, 0.25) is 5.91 Å². The number of hydrogen-bond donors (Lipinski definition) is 2. The van der Waals surface area contributed by atoms with Gasteiger partial charge >= 0.3 is 0 Å². The summed E-state index contributed by atoms with van der Waals surface area (Å²) in [6.07, 6.45) is 0. The van der Waals surface area contributed by atoms with Gasteiger partial charge < -0.3 is 15.5 Å². The third-order valence-corrected chi connectivity index (χ3v) is 4.76. The van der Waals surface area contributed by atoms with Crippen molar-refractivity contribution >= 4 is 29.9 Å². The molecule has 2 fully saturated rings. The minimum atomic E-state index is -0.494. The number of rotatable bonds is 2. The molecule has 0 saturated carbocycles. The minimum absolute atomic E-state index is 0. The summed E-state index contributed by atoms with van der Waals surface area (Å²) >= 11 is 0. The van der Waals surface area contributed by atoms with Gasteiger partial charge in [0.1, 0.15) is 0 Å². The molecule has 0 bridgehead atoms.